The average Bonchev–Trinajstić information content (AvgIpc) is 2.51. The van der Waals surface area contributed by atoms with Gasteiger partial charge in [-0.15, -0.1) is 0 Å². The minimum atomic E-state index is -0.767. The summed E-state index contributed by atoms with van der Waals surface area (Å²) >= 11 is 0. The molecule has 0 amide bonds. The summed E-state index contributed by atoms with van der Waals surface area (Å²) in [5, 5.41) is 8.93. The molecule has 1 aliphatic rings. The maximum Gasteiger partial charge on any atom is 0.499 e. The smallest absolute Gasteiger partial charge is 0.399 e. The molecule has 0 aliphatic carbocycles. The van der Waals surface area contributed by atoms with Gasteiger partial charge < -0.3 is 14.4 Å². The number of nitrogens with zero attached hydrogens (tertiary/aromatic N) is 1. The Morgan fingerprint density at radius 1 is 1.26 bits per heavy atom. The van der Waals surface area contributed by atoms with Crippen molar-refractivity contribution in [1.29, 1.82) is 0 Å². The number of halogens is 1. The van der Waals surface area contributed by atoms with Crippen molar-refractivity contribution in [3.63, 3.8) is 0 Å². The zero-order chi connectivity index (χ0) is 14.3. The predicted octanol–water partition coefficient (Wildman–Crippen LogP) is 1.05. The Hall–Kier alpha value is -0.975. The van der Waals surface area contributed by atoms with Gasteiger partial charge in [-0.3, -0.25) is 0 Å². The fourth-order valence-corrected chi connectivity index (χ4v) is 1.91. The highest BCUT2D eigenvalue weighted by Gasteiger charge is 2.52. The predicted molar refractivity (Wildman–Crippen MR) is 70.7 cm³/mol. The molecule has 0 atom stereocenters. The van der Waals surface area contributed by atoms with Crippen LogP contribution < -0.4 is 5.46 Å². The number of hydrogen-bond acceptors (Lipinski definition) is 4. The lowest BCUT2D eigenvalue weighted by Crippen LogP contribution is -2.41. The molecule has 2 heterocycles. The molecule has 2 rings (SSSR count). The maximum absolute atomic E-state index is 13.8. The molecule has 0 radical (unpaired) electrons. The minimum absolute atomic E-state index is 0.00385. The molecule has 0 saturated carbocycles. The van der Waals surface area contributed by atoms with E-state index in [9.17, 15) is 4.39 Å². The van der Waals surface area contributed by atoms with Crippen LogP contribution in [-0.4, -0.2) is 35.0 Å². The molecule has 1 N–H and O–H groups in total. The molecule has 1 aliphatic heterocycles. The summed E-state index contributed by atoms with van der Waals surface area (Å²) in [5.74, 6) is -0.597. The van der Waals surface area contributed by atoms with Crippen LogP contribution in [0, 0.1) is 5.95 Å². The van der Waals surface area contributed by atoms with Crippen LogP contribution >= 0.6 is 0 Å². The molecule has 1 aromatic heterocycles. The molecule has 0 spiro atoms. The Labute approximate surface area is 113 Å². The van der Waals surface area contributed by atoms with Crippen LogP contribution in [0.1, 0.15) is 33.3 Å². The topological polar surface area (TPSA) is 51.6 Å². The van der Waals surface area contributed by atoms with Gasteiger partial charge >= 0.3 is 7.12 Å². The molecule has 1 saturated heterocycles. The summed E-state index contributed by atoms with van der Waals surface area (Å²) < 4.78 is 25.4. The SMILES string of the molecule is CC1(C)OB(c2cc(CCO)cnc2F)OC1(C)C. The van der Waals surface area contributed by atoms with E-state index in [1.54, 1.807) is 6.07 Å². The molecule has 4 nitrogen and oxygen atoms in total. The highest BCUT2D eigenvalue weighted by Crippen LogP contribution is 2.36. The van der Waals surface area contributed by atoms with E-state index in [4.69, 9.17) is 14.4 Å². The normalized spacial score (nSPS) is 20.8. The summed E-state index contributed by atoms with van der Waals surface area (Å²) in [6, 6.07) is 1.64. The third-order valence-corrected chi connectivity index (χ3v) is 3.83. The Balaban J connectivity index is 2.31. The fraction of sp³-hybridized carbons (Fsp3) is 0.615. The van der Waals surface area contributed by atoms with Gasteiger partial charge in [-0.25, -0.2) is 4.98 Å². The van der Waals surface area contributed by atoms with Gasteiger partial charge in [0.2, 0.25) is 5.95 Å². The quantitative estimate of drug-likeness (QED) is 0.657. The number of hydrogen-bond donors (Lipinski definition) is 1. The zero-order valence-electron chi connectivity index (χ0n) is 11.7. The third kappa shape index (κ3) is 2.66. The van der Waals surface area contributed by atoms with Gasteiger partial charge in [0.25, 0.3) is 0 Å². The van der Waals surface area contributed by atoms with Crippen molar-refractivity contribution in [2.75, 3.05) is 6.61 Å². The van der Waals surface area contributed by atoms with Crippen LogP contribution in [0.2, 0.25) is 0 Å². The van der Waals surface area contributed by atoms with Crippen LogP contribution in [0.25, 0.3) is 0 Å². The van der Waals surface area contributed by atoms with Crippen LogP contribution in [0.5, 0.6) is 0 Å². The first-order valence-electron chi connectivity index (χ1n) is 6.37. The molecule has 104 valence electrons. The van der Waals surface area contributed by atoms with E-state index in [1.807, 2.05) is 27.7 Å². The largest absolute Gasteiger partial charge is 0.499 e. The summed E-state index contributed by atoms with van der Waals surface area (Å²) in [6.07, 6.45) is 1.85. The standard InChI is InChI=1S/C13H19BFNO3/c1-12(2)13(3,4)19-14(18-12)10-7-9(5-6-17)8-16-11(10)15/h7-8,17H,5-6H2,1-4H3. The number of aromatic nitrogens is 1. The molecule has 6 heteroatoms. The van der Waals surface area contributed by atoms with E-state index < -0.39 is 24.3 Å². The average molecular weight is 267 g/mol. The second-order valence-corrected chi connectivity index (χ2v) is 5.79. The Morgan fingerprint density at radius 2 is 1.84 bits per heavy atom. The van der Waals surface area contributed by atoms with E-state index in [2.05, 4.69) is 4.98 Å². The molecule has 0 unspecified atom stereocenters. The van der Waals surface area contributed by atoms with Crippen LogP contribution in [-0.2, 0) is 15.7 Å². The molecule has 1 fully saturated rings. The molecular weight excluding hydrogens is 248 g/mol. The Morgan fingerprint density at radius 3 is 2.37 bits per heavy atom. The minimum Gasteiger partial charge on any atom is -0.399 e. The molecule has 0 bridgehead atoms. The van der Waals surface area contributed by atoms with Crippen molar-refractivity contribution < 1.29 is 18.8 Å². The van der Waals surface area contributed by atoms with Gasteiger partial charge in [0.15, 0.2) is 0 Å². The molecule has 0 aromatic carbocycles. The van der Waals surface area contributed by atoms with Crippen molar-refractivity contribution >= 4 is 12.6 Å². The summed E-state index contributed by atoms with van der Waals surface area (Å²) in [4.78, 5) is 3.70. The van der Waals surface area contributed by atoms with Gasteiger partial charge in [0, 0.05) is 18.3 Å². The van der Waals surface area contributed by atoms with Gasteiger partial charge in [-0.05, 0) is 39.7 Å². The van der Waals surface area contributed by atoms with Crippen molar-refractivity contribution in [1.82, 2.24) is 4.98 Å². The number of aliphatic hydroxyl groups is 1. The summed E-state index contributed by atoms with van der Waals surface area (Å²) in [6.45, 7) is 7.65. The second-order valence-electron chi connectivity index (χ2n) is 5.79. The van der Waals surface area contributed by atoms with Crippen LogP contribution in [0.3, 0.4) is 0 Å². The first-order valence-corrected chi connectivity index (χ1v) is 6.37. The van der Waals surface area contributed by atoms with Crippen molar-refractivity contribution in [3.8, 4) is 0 Å². The first kappa shape index (κ1) is 14.4. The van der Waals surface area contributed by atoms with Crippen LogP contribution in [0.4, 0.5) is 4.39 Å². The Kier molecular flexibility index (Phi) is 3.68. The number of aliphatic hydroxyl groups excluding tert-OH is 1. The van der Waals surface area contributed by atoms with E-state index in [0.717, 1.165) is 5.56 Å². The first-order chi connectivity index (χ1) is 8.77. The summed E-state index contributed by atoms with van der Waals surface area (Å²) in [7, 11) is -0.767. The lowest BCUT2D eigenvalue weighted by atomic mass is 9.79. The van der Waals surface area contributed by atoms with Crippen molar-refractivity contribution in [2.24, 2.45) is 0 Å². The van der Waals surface area contributed by atoms with Gasteiger partial charge in [0.1, 0.15) is 0 Å². The van der Waals surface area contributed by atoms with Crippen molar-refractivity contribution in [3.05, 3.63) is 23.8 Å². The molecule has 1 aromatic rings. The number of rotatable bonds is 3. The Bertz CT molecular complexity index is 463. The fourth-order valence-electron chi connectivity index (χ4n) is 1.91. The van der Waals surface area contributed by atoms with E-state index in [-0.39, 0.29) is 12.1 Å². The zero-order valence-corrected chi connectivity index (χ0v) is 11.7. The van der Waals surface area contributed by atoms with E-state index >= 15 is 0 Å². The van der Waals surface area contributed by atoms with Crippen LogP contribution in [0.15, 0.2) is 12.3 Å². The molecular formula is C13H19BFNO3. The van der Waals surface area contributed by atoms with Gasteiger partial charge in [0.05, 0.1) is 11.2 Å². The summed E-state index contributed by atoms with van der Waals surface area (Å²) in [5.41, 5.74) is 0.00646. The lowest BCUT2D eigenvalue weighted by molar-refractivity contribution is 0.00578. The monoisotopic (exact) mass is 267 g/mol. The highest BCUT2D eigenvalue weighted by atomic mass is 19.1. The lowest BCUT2D eigenvalue weighted by Gasteiger charge is -2.32. The van der Waals surface area contributed by atoms with Gasteiger partial charge in [-0.1, -0.05) is 6.07 Å². The van der Waals surface area contributed by atoms with Crippen molar-refractivity contribution in [2.45, 2.75) is 45.3 Å². The molecule has 19 heavy (non-hydrogen) atoms. The highest BCUT2D eigenvalue weighted by molar-refractivity contribution is 6.62. The van der Waals surface area contributed by atoms with Gasteiger partial charge in [-0.2, -0.15) is 4.39 Å². The number of pyridine rings is 1. The van der Waals surface area contributed by atoms with E-state index in [0.29, 0.717) is 6.42 Å². The van der Waals surface area contributed by atoms with E-state index in [1.165, 1.54) is 6.20 Å². The third-order valence-electron chi connectivity index (χ3n) is 3.83. The maximum atomic E-state index is 13.8. The second kappa shape index (κ2) is 4.85.